The fraction of sp³-hybridized carbons (Fsp3) is 0.294. The number of aryl methyl sites for hydroxylation is 1. The van der Waals surface area contributed by atoms with Crippen molar-refractivity contribution < 1.29 is 0 Å². The van der Waals surface area contributed by atoms with Crippen LogP contribution >= 0.6 is 0 Å². The second-order valence-corrected chi connectivity index (χ2v) is 4.89. The fourth-order valence-corrected chi connectivity index (χ4v) is 2.23. The predicted octanol–water partition coefficient (Wildman–Crippen LogP) is 3.75. The number of rotatable bonds is 5. The summed E-state index contributed by atoms with van der Waals surface area (Å²) < 4.78 is 0. The number of nitrogens with two attached hydrogens (primary N) is 1. The van der Waals surface area contributed by atoms with Crippen molar-refractivity contribution in [2.24, 2.45) is 5.73 Å². The van der Waals surface area contributed by atoms with Crippen LogP contribution in [0.2, 0.25) is 0 Å². The van der Waals surface area contributed by atoms with Gasteiger partial charge in [0.1, 0.15) is 0 Å². The molecule has 2 N–H and O–H groups in total. The molecule has 94 valence electrons. The van der Waals surface area contributed by atoms with Crippen molar-refractivity contribution in [2.75, 3.05) is 0 Å². The average molecular weight is 239 g/mol. The molecule has 0 fully saturated rings. The van der Waals surface area contributed by atoms with E-state index in [0.717, 1.165) is 12.8 Å². The average Bonchev–Trinajstić information content (AvgIpc) is 2.46. The summed E-state index contributed by atoms with van der Waals surface area (Å²) in [5.41, 5.74) is 9.00. The van der Waals surface area contributed by atoms with Gasteiger partial charge in [-0.25, -0.2) is 0 Å². The van der Waals surface area contributed by atoms with Gasteiger partial charge in [-0.15, -0.1) is 0 Å². The van der Waals surface area contributed by atoms with Crippen LogP contribution in [0.5, 0.6) is 0 Å². The normalized spacial score (nSPS) is 14.1. The third-order valence-electron chi connectivity index (χ3n) is 3.58. The highest BCUT2D eigenvalue weighted by atomic mass is 14.6. The van der Waals surface area contributed by atoms with E-state index in [9.17, 15) is 0 Å². The van der Waals surface area contributed by atoms with Gasteiger partial charge in [0.15, 0.2) is 0 Å². The molecule has 0 aromatic heterocycles. The van der Waals surface area contributed by atoms with Gasteiger partial charge < -0.3 is 5.73 Å². The van der Waals surface area contributed by atoms with E-state index in [1.807, 2.05) is 6.07 Å². The van der Waals surface area contributed by atoms with Crippen molar-refractivity contribution in [1.82, 2.24) is 0 Å². The van der Waals surface area contributed by atoms with E-state index in [1.54, 1.807) is 0 Å². The Morgan fingerprint density at radius 1 is 0.889 bits per heavy atom. The molecule has 0 radical (unpaired) electrons. The van der Waals surface area contributed by atoms with E-state index >= 15 is 0 Å². The molecule has 2 atom stereocenters. The van der Waals surface area contributed by atoms with Crippen molar-refractivity contribution in [3.8, 4) is 0 Å². The summed E-state index contributed by atoms with van der Waals surface area (Å²) >= 11 is 0. The smallest absolute Gasteiger partial charge is 0.0108 e. The number of hydrogen-bond donors (Lipinski definition) is 1. The number of benzene rings is 2. The summed E-state index contributed by atoms with van der Waals surface area (Å²) in [5, 5.41) is 0. The molecule has 2 rings (SSSR count). The Kier molecular flexibility index (Phi) is 4.54. The van der Waals surface area contributed by atoms with Crippen molar-refractivity contribution in [3.05, 3.63) is 71.8 Å². The van der Waals surface area contributed by atoms with Crippen LogP contribution in [0.15, 0.2) is 60.7 Å². The topological polar surface area (TPSA) is 26.0 Å². The van der Waals surface area contributed by atoms with Crippen LogP contribution in [-0.4, -0.2) is 6.04 Å². The van der Waals surface area contributed by atoms with E-state index in [4.69, 9.17) is 5.73 Å². The maximum Gasteiger partial charge on any atom is 0.0108 e. The molecule has 0 heterocycles. The van der Waals surface area contributed by atoms with E-state index in [-0.39, 0.29) is 6.04 Å². The summed E-state index contributed by atoms with van der Waals surface area (Å²) in [5.74, 6) is 0.412. The zero-order chi connectivity index (χ0) is 12.8. The zero-order valence-electron chi connectivity index (χ0n) is 10.9. The molecule has 0 amide bonds. The van der Waals surface area contributed by atoms with E-state index < -0.39 is 0 Å². The molecule has 1 nitrogen and oxygen atoms in total. The van der Waals surface area contributed by atoms with Gasteiger partial charge in [-0.1, -0.05) is 67.6 Å². The van der Waals surface area contributed by atoms with Gasteiger partial charge in [0.2, 0.25) is 0 Å². The largest absolute Gasteiger partial charge is 0.327 e. The molecular weight excluding hydrogens is 218 g/mol. The summed E-state index contributed by atoms with van der Waals surface area (Å²) in [6.45, 7) is 2.21. The van der Waals surface area contributed by atoms with E-state index in [1.165, 1.54) is 11.1 Å². The first-order valence-electron chi connectivity index (χ1n) is 6.62. The van der Waals surface area contributed by atoms with Crippen molar-refractivity contribution in [1.29, 1.82) is 0 Å². The van der Waals surface area contributed by atoms with Gasteiger partial charge in [-0.2, -0.15) is 0 Å². The third kappa shape index (κ3) is 3.44. The predicted molar refractivity (Wildman–Crippen MR) is 77.6 cm³/mol. The summed E-state index contributed by atoms with van der Waals surface area (Å²) in [6, 6.07) is 21.3. The fourth-order valence-electron chi connectivity index (χ4n) is 2.23. The van der Waals surface area contributed by atoms with Crippen molar-refractivity contribution in [3.63, 3.8) is 0 Å². The van der Waals surface area contributed by atoms with Crippen LogP contribution in [0.4, 0.5) is 0 Å². The maximum absolute atomic E-state index is 6.30. The monoisotopic (exact) mass is 239 g/mol. The Balaban J connectivity index is 1.90. The molecular formula is C17H21N. The minimum absolute atomic E-state index is 0.215. The van der Waals surface area contributed by atoms with Crippen molar-refractivity contribution in [2.45, 2.75) is 31.7 Å². The zero-order valence-corrected chi connectivity index (χ0v) is 10.9. The Hall–Kier alpha value is -1.60. The van der Waals surface area contributed by atoms with Crippen LogP contribution in [0.1, 0.15) is 30.4 Å². The molecule has 0 bridgehead atoms. The Morgan fingerprint density at radius 2 is 1.44 bits per heavy atom. The summed E-state index contributed by atoms with van der Waals surface area (Å²) in [6.07, 6.45) is 2.08. The summed E-state index contributed by atoms with van der Waals surface area (Å²) in [4.78, 5) is 0. The first-order chi connectivity index (χ1) is 8.77. The highest BCUT2D eigenvalue weighted by Gasteiger charge is 2.14. The highest BCUT2D eigenvalue weighted by Crippen LogP contribution is 2.20. The van der Waals surface area contributed by atoms with E-state index in [2.05, 4.69) is 61.5 Å². The molecule has 0 aliphatic rings. The van der Waals surface area contributed by atoms with Crippen LogP contribution < -0.4 is 5.73 Å². The van der Waals surface area contributed by atoms with Crippen LogP contribution in [-0.2, 0) is 6.42 Å². The van der Waals surface area contributed by atoms with Crippen molar-refractivity contribution >= 4 is 0 Å². The van der Waals surface area contributed by atoms with Gasteiger partial charge >= 0.3 is 0 Å². The minimum atomic E-state index is 0.215. The van der Waals surface area contributed by atoms with Gasteiger partial charge in [-0.05, 0) is 29.9 Å². The molecule has 1 heteroatoms. The molecule has 0 aliphatic heterocycles. The van der Waals surface area contributed by atoms with Gasteiger partial charge in [0.25, 0.3) is 0 Å². The Morgan fingerprint density at radius 3 is 2.06 bits per heavy atom. The lowest BCUT2D eigenvalue weighted by Gasteiger charge is -2.20. The van der Waals surface area contributed by atoms with E-state index in [0.29, 0.717) is 5.92 Å². The van der Waals surface area contributed by atoms with Crippen LogP contribution in [0.3, 0.4) is 0 Å². The third-order valence-corrected chi connectivity index (χ3v) is 3.58. The molecule has 0 saturated carbocycles. The minimum Gasteiger partial charge on any atom is -0.327 e. The Labute approximate surface area is 110 Å². The lowest BCUT2D eigenvalue weighted by atomic mass is 9.90. The molecule has 2 aromatic rings. The van der Waals surface area contributed by atoms with Gasteiger partial charge in [0.05, 0.1) is 0 Å². The Bertz CT molecular complexity index is 450. The number of hydrogen-bond acceptors (Lipinski definition) is 1. The summed E-state index contributed by atoms with van der Waals surface area (Å²) in [7, 11) is 0. The lowest BCUT2D eigenvalue weighted by Crippen LogP contribution is -2.27. The lowest BCUT2D eigenvalue weighted by molar-refractivity contribution is 0.529. The molecule has 0 saturated heterocycles. The first kappa shape index (κ1) is 12.8. The molecule has 2 aromatic carbocycles. The van der Waals surface area contributed by atoms with Gasteiger partial charge in [0, 0.05) is 6.04 Å². The first-order valence-corrected chi connectivity index (χ1v) is 6.62. The standard InChI is InChI=1S/C17H21N/c1-14(16-10-6-3-7-11-16)17(18)13-12-15-8-4-2-5-9-15/h2-11,14,17H,12-13,18H2,1H3. The molecule has 2 unspecified atom stereocenters. The maximum atomic E-state index is 6.30. The molecule has 0 spiro atoms. The van der Waals surface area contributed by atoms with Gasteiger partial charge in [-0.3, -0.25) is 0 Å². The van der Waals surface area contributed by atoms with Crippen LogP contribution in [0, 0.1) is 0 Å². The van der Waals surface area contributed by atoms with Crippen LogP contribution in [0.25, 0.3) is 0 Å². The molecule has 18 heavy (non-hydrogen) atoms. The molecule has 0 aliphatic carbocycles. The second-order valence-electron chi connectivity index (χ2n) is 4.89. The second kappa shape index (κ2) is 6.36. The quantitative estimate of drug-likeness (QED) is 0.845. The SMILES string of the molecule is CC(c1ccccc1)C(N)CCc1ccccc1. The highest BCUT2D eigenvalue weighted by molar-refractivity contribution is 5.21.